The lowest BCUT2D eigenvalue weighted by Crippen LogP contribution is -2.21. The van der Waals surface area contributed by atoms with Gasteiger partial charge in [0.25, 0.3) is 5.56 Å². The highest BCUT2D eigenvalue weighted by molar-refractivity contribution is 9.10. The van der Waals surface area contributed by atoms with Crippen LogP contribution in [-0.2, 0) is 13.1 Å². The van der Waals surface area contributed by atoms with Crippen LogP contribution in [0.1, 0.15) is 11.4 Å². The van der Waals surface area contributed by atoms with Crippen molar-refractivity contribution in [3.05, 3.63) is 86.2 Å². The first-order valence-corrected chi connectivity index (χ1v) is 10.3. The summed E-state index contributed by atoms with van der Waals surface area (Å²) in [6, 6.07) is 18.2. The third-order valence-corrected chi connectivity index (χ3v) is 5.76. The van der Waals surface area contributed by atoms with Crippen LogP contribution in [0.5, 0.6) is 0 Å². The summed E-state index contributed by atoms with van der Waals surface area (Å²) in [7, 11) is 2.02. The minimum absolute atomic E-state index is 0.0767. The molecule has 0 atom stereocenters. The van der Waals surface area contributed by atoms with Gasteiger partial charge < -0.3 is 4.98 Å². The fourth-order valence-electron chi connectivity index (χ4n) is 3.11. The first-order valence-electron chi connectivity index (χ1n) is 8.59. The van der Waals surface area contributed by atoms with Crippen molar-refractivity contribution in [2.45, 2.75) is 13.1 Å². The highest BCUT2D eigenvalue weighted by Crippen LogP contribution is 2.30. The van der Waals surface area contributed by atoms with Gasteiger partial charge in [0.1, 0.15) is 10.7 Å². The Morgan fingerprint density at radius 3 is 2.56 bits per heavy atom. The van der Waals surface area contributed by atoms with Gasteiger partial charge in [0.2, 0.25) is 0 Å². The van der Waals surface area contributed by atoms with Crippen molar-refractivity contribution in [2.24, 2.45) is 0 Å². The van der Waals surface area contributed by atoms with Gasteiger partial charge >= 0.3 is 0 Å². The molecule has 4 nitrogen and oxygen atoms in total. The normalized spacial score (nSPS) is 11.4. The fraction of sp³-hybridized carbons (Fsp3) is 0.143. The lowest BCUT2D eigenvalue weighted by atomic mass is 10.1. The quantitative estimate of drug-likeness (QED) is 0.473. The molecule has 0 aliphatic rings. The Labute approximate surface area is 169 Å². The number of H-pyrrole nitrogens is 1. The van der Waals surface area contributed by atoms with E-state index in [-0.39, 0.29) is 5.56 Å². The zero-order valence-corrected chi connectivity index (χ0v) is 17.2. The minimum atomic E-state index is -0.0767. The number of nitrogens with zero attached hydrogens (tertiary/aromatic N) is 2. The van der Waals surface area contributed by atoms with Crippen molar-refractivity contribution in [3.8, 4) is 11.1 Å². The number of nitrogens with one attached hydrogen (secondary N) is 1. The Bertz CT molecular complexity index is 1120. The summed E-state index contributed by atoms with van der Waals surface area (Å²) in [6.07, 6.45) is 0. The second-order valence-corrected chi connectivity index (χ2v) is 8.28. The zero-order chi connectivity index (χ0) is 18.8. The number of halogens is 1. The summed E-state index contributed by atoms with van der Waals surface area (Å²) in [5.74, 6) is 0.688. The molecule has 2 heterocycles. The van der Waals surface area contributed by atoms with Gasteiger partial charge in [-0.05, 0) is 30.3 Å². The summed E-state index contributed by atoms with van der Waals surface area (Å²) in [4.78, 5) is 23.3. The number of hydrogen-bond acceptors (Lipinski definition) is 4. The predicted molar refractivity (Wildman–Crippen MR) is 115 cm³/mol. The summed E-state index contributed by atoms with van der Waals surface area (Å²) < 4.78 is 1.07. The second-order valence-electron chi connectivity index (χ2n) is 6.51. The summed E-state index contributed by atoms with van der Waals surface area (Å²) >= 11 is 4.97. The first kappa shape index (κ1) is 18.1. The molecule has 6 heteroatoms. The topological polar surface area (TPSA) is 49.0 Å². The SMILES string of the molecule is CN(Cc1ccc(Br)cc1)Cc1nc2scc(-c3ccccc3)c2c(=O)[nH]1. The van der Waals surface area contributed by atoms with Crippen LogP contribution < -0.4 is 5.56 Å². The molecular formula is C21H18BrN3OS. The maximum absolute atomic E-state index is 12.7. The molecule has 0 unspecified atom stereocenters. The number of rotatable bonds is 5. The van der Waals surface area contributed by atoms with Crippen LogP contribution in [0.25, 0.3) is 21.3 Å². The van der Waals surface area contributed by atoms with E-state index >= 15 is 0 Å². The maximum atomic E-state index is 12.7. The molecule has 0 fully saturated rings. The standard InChI is InChI=1S/C21H18BrN3OS/c1-25(11-14-7-9-16(22)10-8-14)12-18-23-20(26)19-17(13-27-21(19)24-18)15-5-3-2-4-6-15/h2-10,13H,11-12H2,1H3,(H,23,24,26). The largest absolute Gasteiger partial charge is 0.309 e. The summed E-state index contributed by atoms with van der Waals surface area (Å²) in [5, 5.41) is 2.68. The molecule has 4 rings (SSSR count). The molecule has 0 saturated carbocycles. The third-order valence-electron chi connectivity index (χ3n) is 4.36. The molecular weight excluding hydrogens is 422 g/mol. The van der Waals surface area contributed by atoms with Crippen LogP contribution in [-0.4, -0.2) is 21.9 Å². The highest BCUT2D eigenvalue weighted by Gasteiger charge is 2.13. The number of thiophene rings is 1. The van der Waals surface area contributed by atoms with Crippen LogP contribution in [0, 0.1) is 0 Å². The van der Waals surface area contributed by atoms with Crippen molar-refractivity contribution >= 4 is 37.5 Å². The monoisotopic (exact) mass is 439 g/mol. The van der Waals surface area contributed by atoms with Gasteiger partial charge in [-0.1, -0.05) is 58.4 Å². The molecule has 0 aliphatic heterocycles. The van der Waals surface area contributed by atoms with E-state index in [4.69, 9.17) is 4.98 Å². The maximum Gasteiger partial charge on any atom is 0.260 e. The minimum Gasteiger partial charge on any atom is -0.309 e. The molecule has 0 aliphatic carbocycles. The van der Waals surface area contributed by atoms with E-state index in [2.05, 4.69) is 37.9 Å². The Kier molecular flexibility index (Phi) is 5.20. The molecule has 2 aromatic heterocycles. The molecule has 0 radical (unpaired) electrons. The number of aromatic amines is 1. The highest BCUT2D eigenvalue weighted by atomic mass is 79.9. The van der Waals surface area contributed by atoms with E-state index < -0.39 is 0 Å². The van der Waals surface area contributed by atoms with Crippen molar-refractivity contribution in [1.29, 1.82) is 0 Å². The van der Waals surface area contributed by atoms with E-state index in [1.165, 1.54) is 16.9 Å². The molecule has 0 spiro atoms. The zero-order valence-electron chi connectivity index (χ0n) is 14.8. The number of fused-ring (bicyclic) bond motifs is 1. The van der Waals surface area contributed by atoms with Crippen LogP contribution in [0.2, 0.25) is 0 Å². The van der Waals surface area contributed by atoms with E-state index in [0.717, 1.165) is 27.0 Å². The lowest BCUT2D eigenvalue weighted by Gasteiger charge is -2.16. The van der Waals surface area contributed by atoms with Crippen molar-refractivity contribution in [1.82, 2.24) is 14.9 Å². The lowest BCUT2D eigenvalue weighted by molar-refractivity contribution is 0.311. The molecule has 0 amide bonds. The van der Waals surface area contributed by atoms with Crippen LogP contribution in [0.3, 0.4) is 0 Å². The fourth-order valence-corrected chi connectivity index (χ4v) is 4.34. The van der Waals surface area contributed by atoms with Crippen LogP contribution in [0.4, 0.5) is 0 Å². The van der Waals surface area contributed by atoms with Crippen molar-refractivity contribution in [3.63, 3.8) is 0 Å². The van der Waals surface area contributed by atoms with Crippen molar-refractivity contribution in [2.75, 3.05) is 7.05 Å². The van der Waals surface area contributed by atoms with Gasteiger partial charge in [0, 0.05) is 22.0 Å². The Hall–Kier alpha value is -2.28. The van der Waals surface area contributed by atoms with E-state index in [0.29, 0.717) is 17.8 Å². The van der Waals surface area contributed by atoms with Gasteiger partial charge in [-0.25, -0.2) is 4.98 Å². The Morgan fingerprint density at radius 1 is 1.07 bits per heavy atom. The molecule has 4 aromatic rings. The van der Waals surface area contributed by atoms with Gasteiger partial charge in [0.05, 0.1) is 11.9 Å². The van der Waals surface area contributed by atoms with Crippen LogP contribution >= 0.6 is 27.3 Å². The second kappa shape index (κ2) is 7.76. The van der Waals surface area contributed by atoms with Gasteiger partial charge in [-0.15, -0.1) is 11.3 Å². The number of benzene rings is 2. The van der Waals surface area contributed by atoms with E-state index in [9.17, 15) is 4.79 Å². The van der Waals surface area contributed by atoms with Gasteiger partial charge in [0.15, 0.2) is 0 Å². The molecule has 2 aromatic carbocycles. The number of aromatic nitrogens is 2. The first-order chi connectivity index (χ1) is 13.1. The van der Waals surface area contributed by atoms with Gasteiger partial charge in [-0.2, -0.15) is 0 Å². The molecule has 0 saturated heterocycles. The molecule has 27 heavy (non-hydrogen) atoms. The predicted octanol–water partition coefficient (Wildman–Crippen LogP) is 5.05. The number of hydrogen-bond donors (Lipinski definition) is 1. The van der Waals surface area contributed by atoms with E-state index in [1.807, 2.05) is 54.9 Å². The summed E-state index contributed by atoms with van der Waals surface area (Å²) in [6.45, 7) is 1.37. The van der Waals surface area contributed by atoms with Gasteiger partial charge in [-0.3, -0.25) is 9.69 Å². The molecule has 1 N–H and O–H groups in total. The third kappa shape index (κ3) is 4.03. The van der Waals surface area contributed by atoms with E-state index in [1.54, 1.807) is 0 Å². The molecule has 0 bridgehead atoms. The average Bonchev–Trinajstić information content (AvgIpc) is 3.09. The van der Waals surface area contributed by atoms with Crippen molar-refractivity contribution < 1.29 is 0 Å². The van der Waals surface area contributed by atoms with Crippen LogP contribution in [0.15, 0.2) is 69.2 Å². The summed E-state index contributed by atoms with van der Waals surface area (Å²) in [5.41, 5.74) is 3.12. The molecule has 136 valence electrons. The average molecular weight is 440 g/mol. The Balaban J connectivity index is 1.58. The smallest absolute Gasteiger partial charge is 0.260 e. The Morgan fingerprint density at radius 2 is 1.81 bits per heavy atom.